The van der Waals surface area contributed by atoms with Crippen LogP contribution in [0.25, 0.3) is 0 Å². The molecule has 0 aliphatic heterocycles. The van der Waals surface area contributed by atoms with Gasteiger partial charge < -0.3 is 14.4 Å². The molecule has 0 heterocycles. The zero-order chi connectivity index (χ0) is 9.56. The topological polar surface area (TPSA) is 29.5 Å². The third kappa shape index (κ3) is 6.61. The van der Waals surface area contributed by atoms with Crippen LogP contribution < -0.4 is 18.9 Å². The quantitative estimate of drug-likeness (QED) is 0.321. The summed E-state index contributed by atoms with van der Waals surface area (Å²) in [6.07, 6.45) is -1.77. The largest absolute Gasteiger partial charge is 1.00 e. The molecule has 0 N–H and O–H groups in total. The van der Waals surface area contributed by atoms with Crippen LogP contribution in [0.15, 0.2) is 6.08 Å². The molecule has 1 amide bonds. The Morgan fingerprint density at radius 1 is 1.38 bits per heavy atom. The molecule has 0 aromatic rings. The van der Waals surface area contributed by atoms with E-state index in [2.05, 4.69) is 4.74 Å². The van der Waals surface area contributed by atoms with Crippen molar-refractivity contribution in [2.24, 2.45) is 0 Å². The summed E-state index contributed by atoms with van der Waals surface area (Å²) in [6.45, 7) is 4.29. The Morgan fingerprint density at radius 2 is 1.85 bits per heavy atom. The zero-order valence-corrected chi connectivity index (χ0v) is 7.93. The number of carbonyl (C=O) groups excluding carboxylic acids is 1. The number of halogens is 2. The molecule has 3 nitrogen and oxygen atoms in total. The Balaban J connectivity index is 0. The fourth-order valence-electron chi connectivity index (χ4n) is 0.629. The van der Waals surface area contributed by atoms with Gasteiger partial charge in [-0.3, -0.25) is 0 Å². The van der Waals surface area contributed by atoms with Gasteiger partial charge in [0.25, 0.3) is 0 Å². The summed E-state index contributed by atoms with van der Waals surface area (Å²) in [6, 6.07) is 0. The molecule has 0 aromatic heterocycles. The molecule has 70 valence electrons. The maximum Gasteiger partial charge on any atom is 1.00 e. The second-order valence-corrected chi connectivity index (χ2v) is 1.90. The van der Waals surface area contributed by atoms with Crippen LogP contribution in [0.5, 0.6) is 0 Å². The van der Waals surface area contributed by atoms with Crippen molar-refractivity contribution in [2.45, 2.75) is 13.8 Å². The van der Waals surface area contributed by atoms with Crippen molar-refractivity contribution in [1.29, 1.82) is 0 Å². The molecule has 0 radical (unpaired) electrons. The van der Waals surface area contributed by atoms with Crippen LogP contribution >= 0.6 is 0 Å². The summed E-state index contributed by atoms with van der Waals surface area (Å²) in [4.78, 5) is 12.1. The normalized spacial score (nSPS) is 8.31. The average molecular weight is 185 g/mol. The van der Waals surface area contributed by atoms with E-state index in [1.165, 1.54) is 11.2 Å². The van der Waals surface area contributed by atoms with Gasteiger partial charge in [0.1, 0.15) is 0 Å². The fraction of sp³-hybridized carbons (Fsp3) is 0.571. The molecular formula is C7H10F2LiNO2. The molecule has 0 rings (SSSR count). The SMILES string of the molecule is CCN(CC)C(=O)O[C-]=C(F)F.[Li+]. The van der Waals surface area contributed by atoms with Crippen molar-refractivity contribution < 1.29 is 37.2 Å². The molecule has 6 heteroatoms. The van der Waals surface area contributed by atoms with Gasteiger partial charge in [-0.1, -0.05) is 0 Å². The van der Waals surface area contributed by atoms with Crippen LogP contribution in [0.2, 0.25) is 0 Å². The number of nitrogens with zero attached hydrogens (tertiary/aromatic N) is 1. The van der Waals surface area contributed by atoms with E-state index in [0.717, 1.165) is 0 Å². The van der Waals surface area contributed by atoms with Crippen LogP contribution in [0, 0.1) is 6.26 Å². The van der Waals surface area contributed by atoms with Crippen molar-refractivity contribution in [1.82, 2.24) is 4.90 Å². The Bertz CT molecular complexity index is 179. The Morgan fingerprint density at radius 3 is 2.15 bits per heavy atom. The first-order valence-electron chi connectivity index (χ1n) is 3.51. The molecule has 0 unspecified atom stereocenters. The van der Waals surface area contributed by atoms with Crippen LogP contribution in [0.4, 0.5) is 13.6 Å². The van der Waals surface area contributed by atoms with Gasteiger partial charge in [-0.2, -0.15) is 8.78 Å². The minimum atomic E-state index is -2.14. The number of carbonyl (C=O) groups is 1. The van der Waals surface area contributed by atoms with E-state index >= 15 is 0 Å². The Labute approximate surface area is 87.9 Å². The smallest absolute Gasteiger partial charge is 0.597 e. The van der Waals surface area contributed by atoms with Gasteiger partial charge in [0.15, 0.2) is 0 Å². The number of rotatable bonds is 3. The van der Waals surface area contributed by atoms with Gasteiger partial charge in [-0.15, -0.1) is 0 Å². The zero-order valence-electron chi connectivity index (χ0n) is 7.93. The summed E-state index contributed by atoms with van der Waals surface area (Å²) in [5.74, 6) is 0. The molecule has 0 aromatic carbocycles. The van der Waals surface area contributed by atoms with Gasteiger partial charge in [0, 0.05) is 13.1 Å². The van der Waals surface area contributed by atoms with Crippen molar-refractivity contribution in [3.63, 3.8) is 0 Å². The van der Waals surface area contributed by atoms with Gasteiger partial charge in [0.05, 0.1) is 0 Å². The summed E-state index contributed by atoms with van der Waals surface area (Å²) < 4.78 is 26.7. The van der Waals surface area contributed by atoms with Crippen molar-refractivity contribution in [3.8, 4) is 0 Å². The monoisotopic (exact) mass is 185 g/mol. The summed E-state index contributed by atoms with van der Waals surface area (Å²) >= 11 is 0. The predicted octanol–water partition coefficient (Wildman–Crippen LogP) is -0.990. The van der Waals surface area contributed by atoms with Gasteiger partial charge in [-0.25, -0.2) is 0 Å². The van der Waals surface area contributed by atoms with E-state index in [0.29, 0.717) is 13.1 Å². The van der Waals surface area contributed by atoms with Gasteiger partial charge >= 0.3 is 18.9 Å². The third-order valence-corrected chi connectivity index (χ3v) is 1.24. The molecule has 0 spiro atoms. The molecule has 0 fully saturated rings. The molecular weight excluding hydrogens is 175 g/mol. The first-order chi connectivity index (χ1) is 5.61. The molecule has 13 heavy (non-hydrogen) atoms. The fourth-order valence-corrected chi connectivity index (χ4v) is 0.629. The number of ether oxygens (including phenoxy) is 1. The second-order valence-electron chi connectivity index (χ2n) is 1.90. The van der Waals surface area contributed by atoms with E-state index in [4.69, 9.17) is 0 Å². The van der Waals surface area contributed by atoms with Crippen LogP contribution in [-0.4, -0.2) is 24.1 Å². The van der Waals surface area contributed by atoms with Crippen molar-refractivity contribution >= 4 is 6.09 Å². The molecule has 0 saturated carbocycles. The predicted molar refractivity (Wildman–Crippen MR) is 38.4 cm³/mol. The molecule has 0 aliphatic carbocycles. The van der Waals surface area contributed by atoms with Crippen molar-refractivity contribution in [3.05, 3.63) is 12.3 Å². The van der Waals surface area contributed by atoms with E-state index < -0.39 is 12.2 Å². The standard InChI is InChI=1S/C7H10F2NO2.Li/c1-3-10(4-2)7(11)12-5-6(8)9;/h3-4H2,1-2H3;/q-1;+1. The first-order valence-corrected chi connectivity index (χ1v) is 3.51. The molecule has 0 bridgehead atoms. The molecule has 0 aliphatic rings. The Hall–Kier alpha value is -0.533. The second kappa shape index (κ2) is 8.08. The molecule has 0 atom stereocenters. The summed E-state index contributed by atoms with van der Waals surface area (Å²) in [5, 5.41) is 0. The number of hydrogen-bond donors (Lipinski definition) is 0. The minimum absolute atomic E-state index is 0. The first kappa shape index (κ1) is 15.0. The van der Waals surface area contributed by atoms with E-state index in [1.807, 2.05) is 0 Å². The number of hydrogen-bond acceptors (Lipinski definition) is 2. The van der Waals surface area contributed by atoms with Gasteiger partial charge in [-0.05, 0) is 20.1 Å². The summed E-state index contributed by atoms with van der Waals surface area (Å²) in [5.41, 5.74) is 0. The third-order valence-electron chi connectivity index (χ3n) is 1.24. The van der Waals surface area contributed by atoms with Crippen LogP contribution in [-0.2, 0) is 4.74 Å². The average Bonchev–Trinajstić information content (AvgIpc) is 2.03. The van der Waals surface area contributed by atoms with Crippen LogP contribution in [0.3, 0.4) is 0 Å². The maximum absolute atomic E-state index is 11.4. The van der Waals surface area contributed by atoms with Gasteiger partial charge in [0.2, 0.25) is 12.2 Å². The van der Waals surface area contributed by atoms with Crippen LogP contribution in [0.1, 0.15) is 13.8 Å². The van der Waals surface area contributed by atoms with E-state index in [1.54, 1.807) is 13.8 Å². The molecule has 0 saturated heterocycles. The maximum atomic E-state index is 11.4. The minimum Gasteiger partial charge on any atom is -0.597 e. The summed E-state index contributed by atoms with van der Waals surface area (Å²) in [7, 11) is 0. The van der Waals surface area contributed by atoms with E-state index in [9.17, 15) is 13.6 Å². The van der Waals surface area contributed by atoms with Crippen molar-refractivity contribution in [2.75, 3.05) is 13.1 Å². The van der Waals surface area contributed by atoms with E-state index in [-0.39, 0.29) is 18.9 Å². The Kier molecular flexibility index (Phi) is 9.30. The number of amides is 1.